The molecule has 0 atom stereocenters. The van der Waals surface area contributed by atoms with E-state index in [-0.39, 0.29) is 12.2 Å². The molecular formula is C4H10N2O. The number of nitrogens with two attached hydrogens (primary N) is 2. The van der Waals surface area contributed by atoms with Gasteiger partial charge in [-0.15, -0.1) is 0 Å². The van der Waals surface area contributed by atoms with Crippen molar-refractivity contribution in [1.82, 2.24) is 0 Å². The average molecular weight is 102 g/mol. The van der Waals surface area contributed by atoms with Crippen LogP contribution in [0.25, 0.3) is 0 Å². The van der Waals surface area contributed by atoms with E-state index in [0.717, 1.165) is 0 Å². The minimum Gasteiger partial charge on any atom is -0.316 e. The quantitative estimate of drug-likeness (QED) is 0.449. The third-order valence-corrected chi connectivity index (χ3v) is 0.523. The van der Waals surface area contributed by atoms with E-state index in [1.54, 1.807) is 0 Å². The molecule has 4 N–H and O–H groups in total. The molecule has 0 radical (unpaired) electrons. The highest BCUT2D eigenvalue weighted by Gasteiger charge is 1.95. The molecule has 0 saturated heterocycles. The Morgan fingerprint density at radius 1 is 1.71 bits per heavy atom. The Bertz CT molecular complexity index is 70.1. The fraction of sp³-hybridized carbons (Fsp3) is 0.750. The highest BCUT2D eigenvalue weighted by atomic mass is 16.1. The molecule has 7 heavy (non-hydrogen) atoms. The lowest BCUT2D eigenvalue weighted by molar-refractivity contribution is -0.117. The molecule has 0 rings (SSSR count). The SMILES string of the molecule is CC(=O)CC(N)N. The van der Waals surface area contributed by atoms with Gasteiger partial charge in [0.1, 0.15) is 5.78 Å². The molecule has 0 fully saturated rings. The first-order valence-electron chi connectivity index (χ1n) is 2.13. The number of carbonyl (C=O) groups excluding carboxylic acids is 1. The Morgan fingerprint density at radius 3 is 2.14 bits per heavy atom. The minimum absolute atomic E-state index is 0.0370. The third kappa shape index (κ3) is 5.59. The number of Topliss-reactive ketones (excluding diaryl/α,β-unsaturated/α-hetero) is 1. The predicted octanol–water partition coefficient (Wildman–Crippen LogP) is -0.791. The van der Waals surface area contributed by atoms with E-state index in [9.17, 15) is 4.79 Å². The second-order valence-electron chi connectivity index (χ2n) is 1.57. The van der Waals surface area contributed by atoms with E-state index in [4.69, 9.17) is 11.5 Å². The fourth-order valence-electron chi connectivity index (χ4n) is 0.332. The number of rotatable bonds is 2. The Balaban J connectivity index is 3.13. The van der Waals surface area contributed by atoms with Gasteiger partial charge < -0.3 is 11.5 Å². The van der Waals surface area contributed by atoms with Crippen LogP contribution in [0.5, 0.6) is 0 Å². The third-order valence-electron chi connectivity index (χ3n) is 0.523. The smallest absolute Gasteiger partial charge is 0.132 e. The zero-order valence-corrected chi connectivity index (χ0v) is 4.35. The van der Waals surface area contributed by atoms with Gasteiger partial charge in [0.05, 0.1) is 6.17 Å². The van der Waals surface area contributed by atoms with Gasteiger partial charge in [0.25, 0.3) is 0 Å². The van der Waals surface area contributed by atoms with Crippen LogP contribution in [0.15, 0.2) is 0 Å². The summed E-state index contributed by atoms with van der Waals surface area (Å²) in [5, 5.41) is 0. The molecule has 3 nitrogen and oxygen atoms in total. The number of hydrogen-bond acceptors (Lipinski definition) is 3. The van der Waals surface area contributed by atoms with E-state index >= 15 is 0 Å². The number of carbonyl (C=O) groups is 1. The predicted molar refractivity (Wildman–Crippen MR) is 27.5 cm³/mol. The Labute approximate surface area is 42.7 Å². The van der Waals surface area contributed by atoms with Crippen LogP contribution >= 0.6 is 0 Å². The normalized spacial score (nSPS) is 9.71. The lowest BCUT2D eigenvalue weighted by Crippen LogP contribution is -2.32. The second-order valence-corrected chi connectivity index (χ2v) is 1.57. The highest BCUT2D eigenvalue weighted by Crippen LogP contribution is 1.78. The van der Waals surface area contributed by atoms with Gasteiger partial charge in [0.2, 0.25) is 0 Å². The number of hydrogen-bond donors (Lipinski definition) is 2. The van der Waals surface area contributed by atoms with E-state index in [0.29, 0.717) is 0 Å². The Morgan fingerprint density at radius 2 is 2.14 bits per heavy atom. The maximum absolute atomic E-state index is 10.1. The van der Waals surface area contributed by atoms with E-state index in [1.165, 1.54) is 6.92 Å². The number of ketones is 1. The standard InChI is InChI=1S/C4H10N2O/c1-3(7)2-4(5)6/h4H,2,5-6H2,1H3. The Kier molecular flexibility index (Phi) is 2.55. The van der Waals surface area contributed by atoms with Gasteiger partial charge in [0.15, 0.2) is 0 Å². The molecule has 0 saturated carbocycles. The van der Waals surface area contributed by atoms with E-state index in [1.807, 2.05) is 0 Å². The molecule has 0 heterocycles. The molecule has 0 aromatic carbocycles. The van der Waals surface area contributed by atoms with Crippen LogP contribution in [0.2, 0.25) is 0 Å². The van der Waals surface area contributed by atoms with Crippen molar-refractivity contribution < 1.29 is 4.79 Å². The van der Waals surface area contributed by atoms with Gasteiger partial charge >= 0.3 is 0 Å². The summed E-state index contributed by atoms with van der Waals surface area (Å²) in [7, 11) is 0. The molecule has 0 aliphatic carbocycles. The maximum atomic E-state index is 10.1. The fourth-order valence-corrected chi connectivity index (χ4v) is 0.332. The first-order valence-corrected chi connectivity index (χ1v) is 2.13. The molecule has 0 bridgehead atoms. The summed E-state index contributed by atoms with van der Waals surface area (Å²) in [5.74, 6) is 0.0370. The van der Waals surface area contributed by atoms with Crippen LogP contribution in [0.1, 0.15) is 13.3 Å². The molecule has 0 spiro atoms. The Hall–Kier alpha value is -0.410. The van der Waals surface area contributed by atoms with Crippen molar-refractivity contribution in [3.63, 3.8) is 0 Å². The molecule has 0 unspecified atom stereocenters. The lowest BCUT2D eigenvalue weighted by atomic mass is 10.3. The van der Waals surface area contributed by atoms with Crippen molar-refractivity contribution in [3.05, 3.63) is 0 Å². The van der Waals surface area contributed by atoms with Crippen molar-refractivity contribution in [2.24, 2.45) is 11.5 Å². The van der Waals surface area contributed by atoms with Crippen LogP contribution in [-0.4, -0.2) is 11.9 Å². The van der Waals surface area contributed by atoms with Gasteiger partial charge in [0, 0.05) is 6.42 Å². The summed E-state index contributed by atoms with van der Waals surface area (Å²) in [4.78, 5) is 10.1. The molecule has 0 amide bonds. The molecule has 0 aromatic rings. The second kappa shape index (κ2) is 2.71. The molecule has 42 valence electrons. The van der Waals surface area contributed by atoms with Gasteiger partial charge in [-0.25, -0.2) is 0 Å². The first-order chi connectivity index (χ1) is 3.13. The van der Waals surface area contributed by atoms with Crippen LogP contribution in [0.4, 0.5) is 0 Å². The van der Waals surface area contributed by atoms with Crippen LogP contribution in [0, 0.1) is 0 Å². The zero-order valence-electron chi connectivity index (χ0n) is 4.35. The van der Waals surface area contributed by atoms with Crippen LogP contribution < -0.4 is 11.5 Å². The van der Waals surface area contributed by atoms with Crippen molar-refractivity contribution in [2.45, 2.75) is 19.5 Å². The molecule has 3 heteroatoms. The average Bonchev–Trinajstić information content (AvgIpc) is 1.27. The molecular weight excluding hydrogens is 92.1 g/mol. The zero-order chi connectivity index (χ0) is 5.86. The van der Waals surface area contributed by atoms with Crippen molar-refractivity contribution in [2.75, 3.05) is 0 Å². The molecule has 0 aliphatic heterocycles. The lowest BCUT2D eigenvalue weighted by Gasteiger charge is -1.97. The van der Waals surface area contributed by atoms with Crippen molar-refractivity contribution in [1.29, 1.82) is 0 Å². The summed E-state index contributed by atoms with van der Waals surface area (Å²) in [6.45, 7) is 1.46. The van der Waals surface area contributed by atoms with E-state index in [2.05, 4.69) is 0 Å². The van der Waals surface area contributed by atoms with Gasteiger partial charge in [-0.1, -0.05) is 0 Å². The largest absolute Gasteiger partial charge is 0.316 e. The van der Waals surface area contributed by atoms with Gasteiger partial charge in [-0.05, 0) is 6.92 Å². The first kappa shape index (κ1) is 6.59. The monoisotopic (exact) mass is 102 g/mol. The van der Waals surface area contributed by atoms with Gasteiger partial charge in [-0.3, -0.25) is 4.79 Å². The highest BCUT2D eigenvalue weighted by molar-refractivity contribution is 5.75. The van der Waals surface area contributed by atoms with Crippen LogP contribution in [-0.2, 0) is 4.79 Å². The summed E-state index contributed by atoms with van der Waals surface area (Å²) >= 11 is 0. The van der Waals surface area contributed by atoms with Crippen molar-refractivity contribution in [3.8, 4) is 0 Å². The van der Waals surface area contributed by atoms with Crippen molar-refractivity contribution >= 4 is 5.78 Å². The summed E-state index contributed by atoms with van der Waals surface area (Å²) in [5.41, 5.74) is 10.1. The maximum Gasteiger partial charge on any atom is 0.132 e. The minimum atomic E-state index is -0.475. The summed E-state index contributed by atoms with van der Waals surface area (Å²) < 4.78 is 0. The summed E-state index contributed by atoms with van der Waals surface area (Å²) in [6.07, 6.45) is -0.197. The van der Waals surface area contributed by atoms with Crippen LogP contribution in [0.3, 0.4) is 0 Å². The van der Waals surface area contributed by atoms with E-state index < -0.39 is 6.17 Å². The summed E-state index contributed by atoms with van der Waals surface area (Å²) in [6, 6.07) is 0. The molecule has 0 aliphatic rings. The molecule has 0 aromatic heterocycles. The topological polar surface area (TPSA) is 69.1 Å². The van der Waals surface area contributed by atoms with Gasteiger partial charge in [-0.2, -0.15) is 0 Å².